The average molecular weight is 453 g/mol. The predicted molar refractivity (Wildman–Crippen MR) is 155 cm³/mol. The molecule has 0 N–H and O–H groups in total. The molecule has 0 saturated heterocycles. The van der Waals surface area contributed by atoms with Crippen LogP contribution >= 0.6 is 0 Å². The highest BCUT2D eigenvalue weighted by Gasteiger charge is 2.47. The maximum Gasteiger partial charge on any atom is 0.0627 e. The quantitative estimate of drug-likeness (QED) is 0.361. The third kappa shape index (κ3) is 7.59. The fraction of sp³-hybridized carbons (Fsp3) is 0.576. The van der Waals surface area contributed by atoms with E-state index in [9.17, 15) is 0 Å². The molecular weight excluding hydrogens is 396 g/mol. The van der Waals surface area contributed by atoms with Crippen molar-refractivity contribution in [1.29, 1.82) is 0 Å². The minimum absolute atomic E-state index is 0.146. The van der Waals surface area contributed by atoms with Gasteiger partial charge in [-0.1, -0.05) is 136 Å². The van der Waals surface area contributed by atoms with Crippen LogP contribution in [-0.2, 0) is 5.41 Å². The monoisotopic (exact) mass is 452 g/mol. The van der Waals surface area contributed by atoms with Crippen molar-refractivity contribution < 1.29 is 0 Å². The third-order valence-corrected chi connectivity index (χ3v) is 6.59. The van der Waals surface area contributed by atoms with Gasteiger partial charge in [-0.3, -0.25) is 0 Å². The van der Waals surface area contributed by atoms with Gasteiger partial charge in [-0.15, -0.1) is 0 Å². The normalized spacial score (nSPS) is 19.2. The van der Waals surface area contributed by atoms with Crippen LogP contribution in [0.3, 0.4) is 0 Å². The van der Waals surface area contributed by atoms with Gasteiger partial charge in [-0.2, -0.15) is 0 Å². The summed E-state index contributed by atoms with van der Waals surface area (Å²) in [4.78, 5) is 0. The van der Waals surface area contributed by atoms with Crippen LogP contribution < -0.4 is 0 Å². The molecule has 1 aliphatic rings. The average Bonchev–Trinajstić information content (AvgIpc) is 3.05. The first-order valence-corrected chi connectivity index (χ1v) is 13.6. The standard InChI is InChI=1S/C27H38.3C2H6/c1-9-12-16-23(10-2)27(24-17-14-13-15-18-24)22(6)20(4)21(5)25(27)19-26(7,8)11-3;3*1-2/h10,13-15,17-19H,5,9,11-12,16H2,1-4,6-8H3;3*1-2H3/b23-10+,25-19+;;;. The fourth-order valence-electron chi connectivity index (χ4n) is 4.40. The summed E-state index contributed by atoms with van der Waals surface area (Å²) >= 11 is 0. The zero-order chi connectivity index (χ0) is 26.2. The van der Waals surface area contributed by atoms with E-state index in [-0.39, 0.29) is 10.8 Å². The first-order chi connectivity index (χ1) is 15.8. The molecule has 0 radical (unpaired) electrons. The van der Waals surface area contributed by atoms with Crippen molar-refractivity contribution in [1.82, 2.24) is 0 Å². The number of hydrogen-bond acceptors (Lipinski definition) is 0. The molecule has 1 aromatic carbocycles. The van der Waals surface area contributed by atoms with Gasteiger partial charge in [0, 0.05) is 0 Å². The third-order valence-electron chi connectivity index (χ3n) is 6.59. The molecule has 0 saturated carbocycles. The molecule has 1 aromatic rings. The Balaban J connectivity index is 0. The van der Waals surface area contributed by atoms with Gasteiger partial charge in [0.15, 0.2) is 0 Å². The number of benzene rings is 1. The van der Waals surface area contributed by atoms with Crippen molar-refractivity contribution in [2.75, 3.05) is 0 Å². The van der Waals surface area contributed by atoms with Crippen LogP contribution in [0.15, 0.2) is 76.9 Å². The van der Waals surface area contributed by atoms with E-state index < -0.39 is 0 Å². The number of allylic oxidation sites excluding steroid dienone is 7. The molecule has 0 heterocycles. The van der Waals surface area contributed by atoms with Gasteiger partial charge in [-0.25, -0.2) is 0 Å². The molecule has 0 spiro atoms. The second-order valence-corrected chi connectivity index (χ2v) is 8.66. The van der Waals surface area contributed by atoms with E-state index in [1.54, 1.807) is 0 Å². The zero-order valence-corrected chi connectivity index (χ0v) is 24.6. The molecule has 2 rings (SSSR count). The number of unbranched alkanes of at least 4 members (excludes halogenated alkanes) is 1. The Kier molecular flexibility index (Phi) is 16.9. The lowest BCUT2D eigenvalue weighted by molar-refractivity contribution is 0.454. The molecule has 1 aliphatic carbocycles. The van der Waals surface area contributed by atoms with E-state index in [4.69, 9.17) is 0 Å². The molecule has 0 aliphatic heterocycles. The molecule has 1 unspecified atom stereocenters. The van der Waals surface area contributed by atoms with E-state index in [2.05, 4.69) is 97.5 Å². The summed E-state index contributed by atoms with van der Waals surface area (Å²) in [7, 11) is 0. The second-order valence-electron chi connectivity index (χ2n) is 8.66. The van der Waals surface area contributed by atoms with Gasteiger partial charge in [0.05, 0.1) is 5.41 Å². The Labute approximate surface area is 209 Å². The molecule has 0 nitrogen and oxygen atoms in total. The lowest BCUT2D eigenvalue weighted by Gasteiger charge is -2.39. The largest absolute Gasteiger partial charge is 0.0912 e. The van der Waals surface area contributed by atoms with Gasteiger partial charge in [0.2, 0.25) is 0 Å². The van der Waals surface area contributed by atoms with Crippen molar-refractivity contribution >= 4 is 0 Å². The predicted octanol–water partition coefficient (Wildman–Crippen LogP) is 11.4. The van der Waals surface area contributed by atoms with Crippen LogP contribution in [0.4, 0.5) is 0 Å². The van der Waals surface area contributed by atoms with Crippen LogP contribution in [0.25, 0.3) is 0 Å². The van der Waals surface area contributed by atoms with Crippen molar-refractivity contribution in [3.05, 3.63) is 82.5 Å². The Hall–Kier alpha value is -1.82. The van der Waals surface area contributed by atoms with Crippen LogP contribution in [0.1, 0.15) is 121 Å². The highest BCUT2D eigenvalue weighted by Crippen LogP contribution is 2.57. The van der Waals surface area contributed by atoms with Crippen LogP contribution in [0.5, 0.6) is 0 Å². The summed E-state index contributed by atoms with van der Waals surface area (Å²) in [5.41, 5.74) is 8.29. The molecule has 33 heavy (non-hydrogen) atoms. The zero-order valence-electron chi connectivity index (χ0n) is 24.6. The molecule has 1 atom stereocenters. The Morgan fingerprint density at radius 3 is 1.88 bits per heavy atom. The van der Waals surface area contributed by atoms with Crippen LogP contribution in [0, 0.1) is 5.41 Å². The summed E-state index contributed by atoms with van der Waals surface area (Å²) in [5, 5.41) is 0. The summed E-state index contributed by atoms with van der Waals surface area (Å²) in [6.07, 6.45) is 9.56. The van der Waals surface area contributed by atoms with Crippen molar-refractivity contribution in [3.63, 3.8) is 0 Å². The molecule has 188 valence electrons. The van der Waals surface area contributed by atoms with Crippen LogP contribution in [0.2, 0.25) is 0 Å². The number of rotatable bonds is 7. The van der Waals surface area contributed by atoms with E-state index in [0.29, 0.717) is 0 Å². The Bertz CT molecular complexity index is 768. The first kappa shape index (κ1) is 33.4. The maximum atomic E-state index is 4.55. The second kappa shape index (κ2) is 16.7. The molecule has 0 fully saturated rings. The minimum atomic E-state index is -0.168. The lowest BCUT2D eigenvalue weighted by Crippen LogP contribution is -2.31. The lowest BCUT2D eigenvalue weighted by atomic mass is 9.64. The van der Waals surface area contributed by atoms with Gasteiger partial charge in [0.25, 0.3) is 0 Å². The summed E-state index contributed by atoms with van der Waals surface area (Å²) in [6.45, 7) is 32.6. The highest BCUT2D eigenvalue weighted by atomic mass is 14.5. The highest BCUT2D eigenvalue weighted by molar-refractivity contribution is 5.72. The molecular formula is C33H56. The fourth-order valence-corrected chi connectivity index (χ4v) is 4.40. The van der Waals surface area contributed by atoms with Crippen molar-refractivity contribution in [2.24, 2.45) is 5.41 Å². The van der Waals surface area contributed by atoms with E-state index in [1.807, 2.05) is 41.5 Å². The minimum Gasteiger partial charge on any atom is -0.0912 e. The Morgan fingerprint density at radius 1 is 0.939 bits per heavy atom. The van der Waals surface area contributed by atoms with Crippen LogP contribution in [-0.4, -0.2) is 0 Å². The molecule has 0 aromatic heterocycles. The van der Waals surface area contributed by atoms with Gasteiger partial charge in [0.1, 0.15) is 0 Å². The van der Waals surface area contributed by atoms with Crippen molar-refractivity contribution in [2.45, 2.75) is 121 Å². The summed E-state index contributed by atoms with van der Waals surface area (Å²) < 4.78 is 0. The maximum absolute atomic E-state index is 4.55. The van der Waals surface area contributed by atoms with E-state index >= 15 is 0 Å². The van der Waals surface area contributed by atoms with Gasteiger partial charge >= 0.3 is 0 Å². The molecule has 0 amide bonds. The first-order valence-electron chi connectivity index (χ1n) is 13.6. The van der Waals surface area contributed by atoms with E-state index in [0.717, 1.165) is 12.8 Å². The van der Waals surface area contributed by atoms with E-state index in [1.165, 1.54) is 46.3 Å². The summed E-state index contributed by atoms with van der Waals surface area (Å²) in [5.74, 6) is 0. The molecule has 0 heteroatoms. The summed E-state index contributed by atoms with van der Waals surface area (Å²) in [6, 6.07) is 11.1. The Morgan fingerprint density at radius 2 is 1.45 bits per heavy atom. The SMILES string of the molecule is C=C1C(C)=C(C)C(/C(=C/C)CCCC)(c2ccccc2)/C1=C/C(C)(C)CC.CC.CC.CC. The van der Waals surface area contributed by atoms with Gasteiger partial charge < -0.3 is 0 Å². The number of hydrogen-bond donors (Lipinski definition) is 0. The smallest absolute Gasteiger partial charge is 0.0627 e. The topological polar surface area (TPSA) is 0 Å². The van der Waals surface area contributed by atoms with Gasteiger partial charge in [-0.05, 0) is 67.7 Å². The van der Waals surface area contributed by atoms with Crippen molar-refractivity contribution in [3.8, 4) is 0 Å². The molecule has 0 bridgehead atoms.